The number of ether oxygens (including phenoxy) is 2. The van der Waals surface area contributed by atoms with Crippen LogP contribution in [0.1, 0.15) is 26.3 Å². The van der Waals surface area contributed by atoms with Crippen molar-refractivity contribution in [2.75, 3.05) is 13.7 Å². The van der Waals surface area contributed by atoms with Crippen LogP contribution in [0.3, 0.4) is 0 Å². The van der Waals surface area contributed by atoms with Crippen molar-refractivity contribution in [3.63, 3.8) is 0 Å². The summed E-state index contributed by atoms with van der Waals surface area (Å²) in [6.07, 6.45) is 0. The molecule has 0 heterocycles. The molecule has 0 radical (unpaired) electrons. The van der Waals surface area contributed by atoms with Crippen LogP contribution in [0.25, 0.3) is 5.57 Å². The monoisotopic (exact) mass is 276 g/mol. The Morgan fingerprint density at radius 2 is 1.90 bits per heavy atom. The highest BCUT2D eigenvalue weighted by molar-refractivity contribution is 6.13. The molecule has 0 aromatic heterocycles. The van der Waals surface area contributed by atoms with Crippen molar-refractivity contribution >= 4 is 17.3 Å². The summed E-state index contributed by atoms with van der Waals surface area (Å²) in [6.45, 7) is 8.73. The molecule has 0 amide bonds. The van der Waals surface area contributed by atoms with E-state index in [1.165, 1.54) is 21.0 Å². The van der Waals surface area contributed by atoms with Crippen LogP contribution < -0.4 is 4.74 Å². The number of ketones is 1. The second-order valence-electron chi connectivity index (χ2n) is 4.58. The number of para-hydroxylation sites is 1. The molecule has 1 unspecified atom stereocenters. The number of carbonyl (C=O) groups is 2. The highest BCUT2D eigenvalue weighted by Gasteiger charge is 2.43. The van der Waals surface area contributed by atoms with Gasteiger partial charge in [0.2, 0.25) is 0 Å². The van der Waals surface area contributed by atoms with Crippen molar-refractivity contribution in [1.82, 2.24) is 0 Å². The van der Waals surface area contributed by atoms with Crippen LogP contribution in [0.5, 0.6) is 5.75 Å². The minimum atomic E-state index is -1.41. The minimum Gasteiger partial charge on any atom is -0.496 e. The first-order chi connectivity index (χ1) is 9.39. The number of Topliss-reactive ketones (excluding diaryl/α,β-unsaturated/α-hetero) is 1. The summed E-state index contributed by atoms with van der Waals surface area (Å²) in [5.41, 5.74) is -0.411. The lowest BCUT2D eigenvalue weighted by molar-refractivity contribution is -0.154. The molecular weight excluding hydrogens is 256 g/mol. The number of benzene rings is 1. The highest BCUT2D eigenvalue weighted by Crippen LogP contribution is 2.39. The fourth-order valence-electron chi connectivity index (χ4n) is 1.92. The standard InChI is InChI=1S/C16H20O4/c1-6-20-15(18)16(4,12(3)17)11(2)13-9-7-8-10-14(13)19-5/h7-10H,2,6H2,1,3-5H3. The Kier molecular flexibility index (Phi) is 5.08. The third-order valence-electron chi connectivity index (χ3n) is 3.42. The van der Waals surface area contributed by atoms with E-state index in [1.807, 2.05) is 6.07 Å². The molecule has 1 rings (SSSR count). The van der Waals surface area contributed by atoms with Crippen LogP contribution in [0.15, 0.2) is 30.8 Å². The number of hydrogen-bond acceptors (Lipinski definition) is 4. The Hall–Kier alpha value is -2.10. The molecule has 4 nitrogen and oxygen atoms in total. The Labute approximate surface area is 119 Å². The average Bonchev–Trinajstić information content (AvgIpc) is 2.45. The summed E-state index contributed by atoms with van der Waals surface area (Å²) < 4.78 is 10.3. The van der Waals surface area contributed by atoms with Crippen molar-refractivity contribution in [2.45, 2.75) is 20.8 Å². The van der Waals surface area contributed by atoms with Gasteiger partial charge in [-0.05, 0) is 32.4 Å². The zero-order chi connectivity index (χ0) is 15.3. The second-order valence-corrected chi connectivity index (χ2v) is 4.58. The van der Waals surface area contributed by atoms with Crippen LogP contribution in [0.4, 0.5) is 0 Å². The lowest BCUT2D eigenvalue weighted by Gasteiger charge is -2.27. The van der Waals surface area contributed by atoms with Gasteiger partial charge < -0.3 is 9.47 Å². The number of rotatable bonds is 6. The lowest BCUT2D eigenvalue weighted by Crippen LogP contribution is -2.37. The molecule has 0 N–H and O–H groups in total. The predicted octanol–water partition coefficient (Wildman–Crippen LogP) is 2.87. The van der Waals surface area contributed by atoms with Crippen molar-refractivity contribution in [3.8, 4) is 5.75 Å². The first-order valence-electron chi connectivity index (χ1n) is 6.40. The van der Waals surface area contributed by atoms with E-state index in [2.05, 4.69) is 6.58 Å². The Morgan fingerprint density at radius 3 is 2.40 bits per heavy atom. The van der Waals surface area contributed by atoms with Crippen molar-refractivity contribution in [1.29, 1.82) is 0 Å². The van der Waals surface area contributed by atoms with Crippen LogP contribution in [-0.2, 0) is 14.3 Å². The smallest absolute Gasteiger partial charge is 0.323 e. The molecule has 1 aromatic carbocycles. The molecule has 1 aromatic rings. The molecule has 0 bridgehead atoms. The molecule has 1 atom stereocenters. The number of esters is 1. The maximum absolute atomic E-state index is 12.2. The quantitative estimate of drug-likeness (QED) is 0.592. The molecule has 0 saturated heterocycles. The molecule has 4 heteroatoms. The van der Waals surface area contributed by atoms with Gasteiger partial charge in [0, 0.05) is 5.56 Å². The van der Waals surface area contributed by atoms with Gasteiger partial charge in [0.15, 0.2) is 5.78 Å². The summed E-state index contributed by atoms with van der Waals surface area (Å²) in [6, 6.07) is 7.13. The zero-order valence-corrected chi connectivity index (χ0v) is 12.4. The van der Waals surface area contributed by atoms with Gasteiger partial charge >= 0.3 is 5.97 Å². The first kappa shape index (κ1) is 16.0. The normalized spacial score (nSPS) is 13.2. The van der Waals surface area contributed by atoms with E-state index in [-0.39, 0.29) is 12.4 Å². The Balaban J connectivity index is 3.32. The molecular formula is C16H20O4. The van der Waals surface area contributed by atoms with Crippen molar-refractivity contribution in [3.05, 3.63) is 36.4 Å². The molecule has 20 heavy (non-hydrogen) atoms. The van der Waals surface area contributed by atoms with Gasteiger partial charge in [-0.3, -0.25) is 9.59 Å². The Bertz CT molecular complexity index is 533. The third kappa shape index (κ3) is 2.74. The summed E-state index contributed by atoms with van der Waals surface area (Å²) in [5, 5.41) is 0. The summed E-state index contributed by atoms with van der Waals surface area (Å²) >= 11 is 0. The molecule has 0 aliphatic rings. The van der Waals surface area contributed by atoms with E-state index < -0.39 is 11.4 Å². The van der Waals surface area contributed by atoms with E-state index in [9.17, 15) is 9.59 Å². The summed E-state index contributed by atoms with van der Waals surface area (Å²) in [5.74, 6) is -0.343. The van der Waals surface area contributed by atoms with Gasteiger partial charge in [0.1, 0.15) is 11.2 Å². The van der Waals surface area contributed by atoms with Gasteiger partial charge in [-0.25, -0.2) is 0 Å². The number of carbonyl (C=O) groups excluding carboxylic acids is 2. The molecule has 0 saturated carbocycles. The fourth-order valence-corrected chi connectivity index (χ4v) is 1.92. The topological polar surface area (TPSA) is 52.6 Å². The van der Waals surface area contributed by atoms with Crippen LogP contribution >= 0.6 is 0 Å². The zero-order valence-electron chi connectivity index (χ0n) is 12.4. The van der Waals surface area contributed by atoms with E-state index in [1.54, 1.807) is 25.1 Å². The first-order valence-corrected chi connectivity index (χ1v) is 6.40. The number of hydrogen-bond donors (Lipinski definition) is 0. The van der Waals surface area contributed by atoms with Crippen LogP contribution in [0, 0.1) is 5.41 Å². The molecule has 0 aliphatic heterocycles. The SMILES string of the molecule is C=C(c1ccccc1OC)C(C)(C(C)=O)C(=O)OCC. The number of methoxy groups -OCH3 is 1. The van der Waals surface area contributed by atoms with Crippen molar-refractivity contribution in [2.24, 2.45) is 5.41 Å². The molecule has 0 fully saturated rings. The molecule has 0 spiro atoms. The van der Waals surface area contributed by atoms with Crippen LogP contribution in [-0.4, -0.2) is 25.5 Å². The van der Waals surface area contributed by atoms with Gasteiger partial charge in [-0.1, -0.05) is 24.8 Å². The average molecular weight is 276 g/mol. The van der Waals surface area contributed by atoms with E-state index in [0.29, 0.717) is 16.9 Å². The molecule has 108 valence electrons. The third-order valence-corrected chi connectivity index (χ3v) is 3.42. The summed E-state index contributed by atoms with van der Waals surface area (Å²) in [4.78, 5) is 24.2. The van der Waals surface area contributed by atoms with E-state index in [0.717, 1.165) is 0 Å². The van der Waals surface area contributed by atoms with E-state index in [4.69, 9.17) is 9.47 Å². The fraction of sp³-hybridized carbons (Fsp3) is 0.375. The highest BCUT2D eigenvalue weighted by atomic mass is 16.5. The lowest BCUT2D eigenvalue weighted by atomic mass is 9.76. The van der Waals surface area contributed by atoms with Crippen LogP contribution in [0.2, 0.25) is 0 Å². The predicted molar refractivity (Wildman–Crippen MR) is 77.4 cm³/mol. The van der Waals surface area contributed by atoms with Gasteiger partial charge in [0.05, 0.1) is 13.7 Å². The summed E-state index contributed by atoms with van der Waals surface area (Å²) in [7, 11) is 1.53. The van der Waals surface area contributed by atoms with Gasteiger partial charge in [-0.2, -0.15) is 0 Å². The maximum atomic E-state index is 12.2. The minimum absolute atomic E-state index is 0.209. The van der Waals surface area contributed by atoms with E-state index >= 15 is 0 Å². The maximum Gasteiger partial charge on any atom is 0.323 e. The Morgan fingerprint density at radius 1 is 1.30 bits per heavy atom. The van der Waals surface area contributed by atoms with Gasteiger partial charge in [0.25, 0.3) is 0 Å². The van der Waals surface area contributed by atoms with Crippen molar-refractivity contribution < 1.29 is 19.1 Å². The largest absolute Gasteiger partial charge is 0.496 e. The second kappa shape index (κ2) is 6.37. The van der Waals surface area contributed by atoms with Gasteiger partial charge in [-0.15, -0.1) is 0 Å². The molecule has 0 aliphatic carbocycles.